The summed E-state index contributed by atoms with van der Waals surface area (Å²) in [5, 5.41) is 9.84. The Labute approximate surface area is 320 Å². The molecule has 56 heavy (non-hydrogen) atoms. The van der Waals surface area contributed by atoms with Gasteiger partial charge in [-0.05, 0) is 35.6 Å². The van der Waals surface area contributed by atoms with E-state index in [1.54, 1.807) is 18.0 Å². The molecule has 2 aromatic carbocycles. The van der Waals surface area contributed by atoms with E-state index in [1.807, 2.05) is 55.7 Å². The lowest BCUT2D eigenvalue weighted by Crippen LogP contribution is -2.47. The third-order valence-corrected chi connectivity index (χ3v) is 8.37. The van der Waals surface area contributed by atoms with E-state index < -0.39 is 59.0 Å². The highest BCUT2D eigenvalue weighted by molar-refractivity contribution is 6.12. The van der Waals surface area contributed by atoms with Crippen LogP contribution in [0.2, 0.25) is 0 Å². The highest BCUT2D eigenvalue weighted by atomic mass is 19.4. The molecule has 0 bridgehead atoms. The van der Waals surface area contributed by atoms with Gasteiger partial charge in [0.1, 0.15) is 17.5 Å². The van der Waals surface area contributed by atoms with Crippen molar-refractivity contribution in [3.05, 3.63) is 89.9 Å². The number of benzene rings is 2. The molecule has 0 saturated carbocycles. The molecule has 1 aromatic heterocycles. The van der Waals surface area contributed by atoms with Crippen molar-refractivity contribution in [2.45, 2.75) is 65.3 Å². The molecule has 0 radical (unpaired) electrons. The molecule has 18 heteroatoms. The zero-order chi connectivity index (χ0) is 41.8. The van der Waals surface area contributed by atoms with Crippen molar-refractivity contribution in [2.75, 3.05) is 32.8 Å². The summed E-state index contributed by atoms with van der Waals surface area (Å²) in [6.45, 7) is 8.69. The number of hydrogen-bond donors (Lipinski definition) is 3. The minimum atomic E-state index is -5.08. The molecule has 2 heterocycles. The number of alkyl halides is 3. The third kappa shape index (κ3) is 12.8. The normalized spacial score (nSPS) is 13.9. The Morgan fingerprint density at radius 3 is 2.20 bits per heavy atom. The minimum absolute atomic E-state index is 0.00629. The number of rotatable bonds is 16. The number of aliphatic carboxylic acids is 1. The molecule has 4 N–H and O–H groups in total. The highest BCUT2D eigenvalue weighted by Gasteiger charge is 2.39. The maximum atomic E-state index is 15.0. The average molecular weight is 793 g/mol. The predicted molar refractivity (Wildman–Crippen MR) is 193 cm³/mol. The Kier molecular flexibility index (Phi) is 16.0. The van der Waals surface area contributed by atoms with Crippen LogP contribution in [0.4, 0.5) is 22.0 Å². The summed E-state index contributed by atoms with van der Waals surface area (Å²) in [5.74, 6) is -4.88. The van der Waals surface area contributed by atoms with Crippen molar-refractivity contribution in [1.29, 1.82) is 0 Å². The summed E-state index contributed by atoms with van der Waals surface area (Å²) in [6, 6.07) is 11.2. The summed E-state index contributed by atoms with van der Waals surface area (Å²) in [4.78, 5) is 66.2. The van der Waals surface area contributed by atoms with Crippen molar-refractivity contribution < 1.29 is 55.8 Å². The van der Waals surface area contributed by atoms with Gasteiger partial charge in [-0.15, -0.1) is 0 Å². The molecule has 0 unspecified atom stereocenters. The number of imidazole rings is 1. The molecule has 3 aromatic rings. The van der Waals surface area contributed by atoms with Gasteiger partial charge in [0, 0.05) is 50.0 Å². The van der Waals surface area contributed by atoms with E-state index in [0.29, 0.717) is 12.4 Å². The highest BCUT2D eigenvalue weighted by Crippen LogP contribution is 2.40. The molecule has 1 aliphatic rings. The van der Waals surface area contributed by atoms with Gasteiger partial charge < -0.3 is 30.4 Å². The molecule has 0 saturated heterocycles. The first kappa shape index (κ1) is 44.9. The summed E-state index contributed by atoms with van der Waals surface area (Å²) in [6.07, 6.45) is -0.685. The van der Waals surface area contributed by atoms with Gasteiger partial charge in [0.25, 0.3) is 11.8 Å². The Bertz CT molecular complexity index is 1860. The first-order valence-corrected chi connectivity index (χ1v) is 17.5. The molecule has 13 nitrogen and oxygen atoms in total. The van der Waals surface area contributed by atoms with Crippen molar-refractivity contribution in [1.82, 2.24) is 24.7 Å². The summed E-state index contributed by atoms with van der Waals surface area (Å²) in [5.41, 5.74) is 6.89. The number of carbonyl (C=O) groups excluding carboxylic acids is 4. The lowest BCUT2D eigenvalue weighted by molar-refractivity contribution is -0.192. The van der Waals surface area contributed by atoms with E-state index in [1.165, 1.54) is 12.2 Å². The summed E-state index contributed by atoms with van der Waals surface area (Å²) in [7, 11) is 0. The number of halogens is 5. The van der Waals surface area contributed by atoms with Gasteiger partial charge in [-0.2, -0.15) is 13.2 Å². The van der Waals surface area contributed by atoms with E-state index in [9.17, 15) is 41.1 Å². The second kappa shape index (κ2) is 19.9. The maximum Gasteiger partial charge on any atom is 0.490 e. The molecular weight excluding hydrogens is 747 g/mol. The van der Waals surface area contributed by atoms with Crippen molar-refractivity contribution in [3.8, 4) is 11.3 Å². The Hall–Kier alpha value is -5.49. The lowest BCUT2D eigenvalue weighted by atomic mass is 9.84. The van der Waals surface area contributed by atoms with E-state index in [2.05, 4.69) is 5.32 Å². The number of ether oxygens (including phenoxy) is 1. The smallest absolute Gasteiger partial charge is 0.475 e. The van der Waals surface area contributed by atoms with Crippen molar-refractivity contribution in [2.24, 2.45) is 11.1 Å². The van der Waals surface area contributed by atoms with Gasteiger partial charge in [0.05, 0.1) is 37.5 Å². The number of carbonyl (C=O) groups is 5. The van der Waals surface area contributed by atoms with Crippen LogP contribution < -0.4 is 11.1 Å². The number of amides is 4. The fraction of sp³-hybridized carbons (Fsp3) is 0.421. The largest absolute Gasteiger partial charge is 0.490 e. The van der Waals surface area contributed by atoms with E-state index in [4.69, 9.17) is 25.4 Å². The number of nitrogens with zero attached hydrogens (tertiary/aromatic N) is 4. The van der Waals surface area contributed by atoms with E-state index in [0.717, 1.165) is 28.7 Å². The minimum Gasteiger partial charge on any atom is -0.475 e. The molecular formula is C38H45F5N6O7. The van der Waals surface area contributed by atoms with Gasteiger partial charge in [-0.25, -0.2) is 18.6 Å². The molecule has 4 rings (SSSR count). The van der Waals surface area contributed by atoms with Crippen LogP contribution in [0.5, 0.6) is 0 Å². The number of imide groups is 1. The van der Waals surface area contributed by atoms with Crippen LogP contribution in [0.15, 0.2) is 66.9 Å². The van der Waals surface area contributed by atoms with Crippen LogP contribution in [0.3, 0.4) is 0 Å². The molecule has 0 fully saturated rings. The SMILES string of the molecule is CCC(=O)N(CC[C@H](N)C(=O)NCCOCCN1C(=O)C=CC1=O)[C@@H](c1nc(-c2cc(F)ccc2F)cn1Cc1ccccc1)C(C)(C)C.O=C(O)C(F)(F)F. The van der Waals surface area contributed by atoms with Crippen LogP contribution in [0.25, 0.3) is 11.3 Å². The molecule has 4 amide bonds. The molecule has 0 spiro atoms. The number of nitrogens with two attached hydrogens (primary N) is 1. The van der Waals surface area contributed by atoms with Crippen LogP contribution >= 0.6 is 0 Å². The van der Waals surface area contributed by atoms with Gasteiger partial charge in [0.15, 0.2) is 0 Å². The van der Waals surface area contributed by atoms with Gasteiger partial charge >= 0.3 is 12.1 Å². The first-order chi connectivity index (χ1) is 26.2. The van der Waals surface area contributed by atoms with Crippen LogP contribution in [-0.2, 0) is 35.3 Å². The standard InChI is InChI=1S/C36H44F2N6O5.C2HF3O2/c1-5-30(45)44(17-15-28(39)35(48)40-16-19-49-20-18-43-31(46)13-14-32(43)47)33(36(2,3)4)34-41-29(26-21-25(37)11-12-27(26)38)23-42(34)22-24-9-7-6-8-10-24;3-2(4,5)1(6)7/h6-14,21,23,28,33H,5,15-20,22,39H2,1-4H3,(H,40,48);(H,6,7)/t28-,33-;/m0./s1. The Morgan fingerprint density at radius 2 is 1.62 bits per heavy atom. The fourth-order valence-corrected chi connectivity index (χ4v) is 5.67. The molecule has 0 aliphatic carbocycles. The monoisotopic (exact) mass is 792 g/mol. The molecule has 2 atom stereocenters. The number of carboxylic acids is 1. The Morgan fingerprint density at radius 1 is 1.00 bits per heavy atom. The summed E-state index contributed by atoms with van der Waals surface area (Å²) < 4.78 is 68.2. The Balaban J connectivity index is 0.00000109. The second-order valence-electron chi connectivity index (χ2n) is 13.7. The quantitative estimate of drug-likeness (QED) is 0.106. The predicted octanol–water partition coefficient (Wildman–Crippen LogP) is 4.61. The topological polar surface area (TPSA) is 177 Å². The maximum absolute atomic E-state index is 15.0. The van der Waals surface area contributed by atoms with E-state index in [-0.39, 0.29) is 62.9 Å². The zero-order valence-corrected chi connectivity index (χ0v) is 31.3. The van der Waals surface area contributed by atoms with Crippen molar-refractivity contribution in [3.63, 3.8) is 0 Å². The number of hydrogen-bond acceptors (Lipinski definition) is 8. The lowest BCUT2D eigenvalue weighted by Gasteiger charge is -2.40. The second-order valence-corrected chi connectivity index (χ2v) is 13.7. The van der Waals surface area contributed by atoms with E-state index >= 15 is 0 Å². The number of aromatic nitrogens is 2. The van der Waals surface area contributed by atoms with Gasteiger partial charge in [-0.3, -0.25) is 24.1 Å². The first-order valence-electron chi connectivity index (χ1n) is 17.5. The average Bonchev–Trinajstić information content (AvgIpc) is 3.68. The third-order valence-electron chi connectivity index (χ3n) is 8.37. The fourth-order valence-electron chi connectivity index (χ4n) is 5.67. The molecule has 304 valence electrons. The van der Waals surface area contributed by atoms with Gasteiger partial charge in [0.2, 0.25) is 11.8 Å². The zero-order valence-electron chi connectivity index (χ0n) is 31.3. The van der Waals surface area contributed by atoms with Crippen LogP contribution in [0, 0.1) is 17.0 Å². The number of nitrogens with one attached hydrogen (secondary N) is 1. The van der Waals surface area contributed by atoms with Crippen LogP contribution in [-0.4, -0.2) is 99.1 Å². The molecule has 1 aliphatic heterocycles. The van der Waals surface area contributed by atoms with Crippen LogP contribution in [0.1, 0.15) is 58.0 Å². The number of carboxylic acid groups (broad SMARTS) is 1. The van der Waals surface area contributed by atoms with Gasteiger partial charge in [-0.1, -0.05) is 58.0 Å². The summed E-state index contributed by atoms with van der Waals surface area (Å²) >= 11 is 0. The van der Waals surface area contributed by atoms with Crippen molar-refractivity contribution >= 4 is 29.6 Å².